The number of benzene rings is 2. The van der Waals surface area contributed by atoms with Gasteiger partial charge in [0.25, 0.3) is 5.91 Å². The lowest BCUT2D eigenvalue weighted by Crippen LogP contribution is -2.49. The zero-order valence-electron chi connectivity index (χ0n) is 17.8. The van der Waals surface area contributed by atoms with Crippen molar-refractivity contribution in [1.82, 2.24) is 19.9 Å². The van der Waals surface area contributed by atoms with Crippen LogP contribution >= 0.6 is 11.3 Å². The Kier molecular flexibility index (Phi) is 5.68. The first kappa shape index (κ1) is 20.4. The van der Waals surface area contributed by atoms with Gasteiger partial charge in [-0.3, -0.25) is 4.79 Å². The Labute approximate surface area is 190 Å². The molecule has 0 bridgehead atoms. The summed E-state index contributed by atoms with van der Waals surface area (Å²) in [7, 11) is 0. The van der Waals surface area contributed by atoms with Crippen molar-refractivity contribution in [3.8, 4) is 17.0 Å². The van der Waals surface area contributed by atoms with Gasteiger partial charge in [0.15, 0.2) is 5.01 Å². The van der Waals surface area contributed by atoms with Crippen LogP contribution in [0.15, 0.2) is 60.9 Å². The molecule has 1 amide bonds. The average molecular weight is 446 g/mol. The lowest BCUT2D eigenvalue weighted by Gasteiger charge is -2.35. The molecule has 1 aliphatic rings. The van der Waals surface area contributed by atoms with Crippen molar-refractivity contribution in [3.05, 3.63) is 65.9 Å². The van der Waals surface area contributed by atoms with Gasteiger partial charge < -0.3 is 14.5 Å². The van der Waals surface area contributed by atoms with Gasteiger partial charge in [0, 0.05) is 37.8 Å². The summed E-state index contributed by atoms with van der Waals surface area (Å²) in [4.78, 5) is 30.4. The minimum absolute atomic E-state index is 0.00335. The molecular formula is C24H23N5O2S. The largest absolute Gasteiger partial charge is 0.494 e. The van der Waals surface area contributed by atoms with Gasteiger partial charge in [-0.2, -0.15) is 0 Å². The van der Waals surface area contributed by atoms with E-state index < -0.39 is 0 Å². The van der Waals surface area contributed by atoms with Crippen LogP contribution in [0.25, 0.3) is 21.5 Å². The molecule has 0 N–H and O–H groups in total. The van der Waals surface area contributed by atoms with Crippen LogP contribution < -0.4 is 9.64 Å². The maximum Gasteiger partial charge on any atom is 0.282 e. The topological polar surface area (TPSA) is 71.5 Å². The number of amides is 1. The van der Waals surface area contributed by atoms with Gasteiger partial charge in [-0.25, -0.2) is 15.0 Å². The fourth-order valence-corrected chi connectivity index (χ4v) is 4.74. The van der Waals surface area contributed by atoms with Crippen molar-refractivity contribution >= 4 is 33.3 Å². The van der Waals surface area contributed by atoms with E-state index in [4.69, 9.17) is 4.74 Å². The molecule has 0 atom stereocenters. The first-order valence-corrected chi connectivity index (χ1v) is 11.5. The van der Waals surface area contributed by atoms with Gasteiger partial charge in [-0.1, -0.05) is 12.1 Å². The third-order valence-electron chi connectivity index (χ3n) is 5.48. The van der Waals surface area contributed by atoms with Crippen LogP contribution in [0.1, 0.15) is 16.7 Å². The summed E-state index contributed by atoms with van der Waals surface area (Å²) in [6, 6.07) is 17.8. The average Bonchev–Trinajstić information content (AvgIpc) is 3.29. The summed E-state index contributed by atoms with van der Waals surface area (Å²) in [5.74, 6) is 1.72. The molecule has 1 saturated heterocycles. The van der Waals surface area contributed by atoms with Crippen molar-refractivity contribution in [2.45, 2.75) is 6.92 Å². The quantitative estimate of drug-likeness (QED) is 0.460. The second kappa shape index (κ2) is 8.92. The predicted octanol–water partition coefficient (Wildman–Crippen LogP) is 4.11. The molecule has 4 aromatic rings. The first-order valence-electron chi connectivity index (χ1n) is 10.7. The molecule has 32 heavy (non-hydrogen) atoms. The van der Waals surface area contributed by atoms with Crippen LogP contribution in [0.4, 0.5) is 5.82 Å². The minimum atomic E-state index is 0.00335. The van der Waals surface area contributed by atoms with Crippen LogP contribution in [0, 0.1) is 0 Å². The fourth-order valence-electron chi connectivity index (χ4n) is 3.80. The second-order valence-corrected chi connectivity index (χ2v) is 8.52. The lowest BCUT2D eigenvalue weighted by atomic mass is 10.1. The van der Waals surface area contributed by atoms with E-state index in [0.29, 0.717) is 24.7 Å². The van der Waals surface area contributed by atoms with E-state index in [0.717, 1.165) is 46.1 Å². The van der Waals surface area contributed by atoms with E-state index in [1.54, 1.807) is 6.33 Å². The number of rotatable bonds is 5. The van der Waals surface area contributed by atoms with Gasteiger partial charge in [0.05, 0.1) is 22.5 Å². The number of hydrogen-bond acceptors (Lipinski definition) is 7. The highest BCUT2D eigenvalue weighted by atomic mass is 32.1. The van der Waals surface area contributed by atoms with E-state index in [9.17, 15) is 4.79 Å². The fraction of sp³-hybridized carbons (Fsp3) is 0.250. The molecule has 0 saturated carbocycles. The molecule has 2 aromatic heterocycles. The summed E-state index contributed by atoms with van der Waals surface area (Å²) in [6.07, 6.45) is 1.60. The van der Waals surface area contributed by atoms with Crippen molar-refractivity contribution in [2.75, 3.05) is 37.7 Å². The minimum Gasteiger partial charge on any atom is -0.494 e. The van der Waals surface area contributed by atoms with Gasteiger partial charge in [0.2, 0.25) is 0 Å². The molecule has 2 aromatic carbocycles. The third-order valence-corrected chi connectivity index (χ3v) is 6.51. The second-order valence-electron chi connectivity index (χ2n) is 7.48. The monoisotopic (exact) mass is 445 g/mol. The van der Waals surface area contributed by atoms with Gasteiger partial charge >= 0.3 is 0 Å². The van der Waals surface area contributed by atoms with Gasteiger partial charge in [0.1, 0.15) is 17.9 Å². The summed E-state index contributed by atoms with van der Waals surface area (Å²) in [5.41, 5.74) is 2.76. The number of carbonyl (C=O) groups is 1. The zero-order valence-corrected chi connectivity index (χ0v) is 18.6. The van der Waals surface area contributed by atoms with Crippen LogP contribution in [-0.4, -0.2) is 58.5 Å². The molecule has 3 heterocycles. The number of hydrogen-bond donors (Lipinski definition) is 0. The SMILES string of the molecule is CCOc1ccc(-c2cc(N3CCN(C(=O)c4nc5ccccc5s4)CC3)ncn2)cc1. The lowest BCUT2D eigenvalue weighted by molar-refractivity contribution is 0.0746. The highest BCUT2D eigenvalue weighted by Gasteiger charge is 2.25. The van der Waals surface area contributed by atoms with Crippen LogP contribution in [0.3, 0.4) is 0 Å². The van der Waals surface area contributed by atoms with Crippen LogP contribution in [0.2, 0.25) is 0 Å². The molecule has 5 rings (SSSR count). The number of thiazole rings is 1. The van der Waals surface area contributed by atoms with E-state index in [-0.39, 0.29) is 5.91 Å². The Morgan fingerprint density at radius 2 is 1.81 bits per heavy atom. The standard InChI is InChI=1S/C24H23N5O2S/c1-2-31-18-9-7-17(8-10-18)20-15-22(26-16-25-20)28-11-13-29(14-12-28)24(30)23-27-19-5-3-4-6-21(19)32-23/h3-10,15-16H,2,11-14H2,1H3. The highest BCUT2D eigenvalue weighted by Crippen LogP contribution is 2.25. The van der Waals surface area contributed by atoms with Crippen molar-refractivity contribution < 1.29 is 9.53 Å². The highest BCUT2D eigenvalue weighted by molar-refractivity contribution is 7.20. The maximum absolute atomic E-state index is 12.9. The molecule has 8 heteroatoms. The Hall–Kier alpha value is -3.52. The van der Waals surface area contributed by atoms with Crippen LogP contribution in [0.5, 0.6) is 5.75 Å². The number of para-hydroxylation sites is 1. The van der Waals surface area contributed by atoms with E-state index in [2.05, 4.69) is 19.9 Å². The summed E-state index contributed by atoms with van der Waals surface area (Å²) < 4.78 is 6.56. The number of piperazine rings is 1. The maximum atomic E-state index is 12.9. The number of ether oxygens (including phenoxy) is 1. The summed E-state index contributed by atoms with van der Waals surface area (Å²) >= 11 is 1.45. The zero-order chi connectivity index (χ0) is 21.9. The number of aromatic nitrogens is 3. The summed E-state index contributed by atoms with van der Waals surface area (Å²) in [6.45, 7) is 5.32. The Bertz CT molecular complexity index is 1200. The van der Waals surface area contributed by atoms with Crippen molar-refractivity contribution in [2.24, 2.45) is 0 Å². The Morgan fingerprint density at radius 1 is 1.03 bits per heavy atom. The number of nitrogens with zero attached hydrogens (tertiary/aromatic N) is 5. The predicted molar refractivity (Wildman–Crippen MR) is 126 cm³/mol. The number of anilines is 1. The van der Waals surface area contributed by atoms with E-state index in [1.807, 2.05) is 66.4 Å². The van der Waals surface area contributed by atoms with Gasteiger partial charge in [-0.15, -0.1) is 11.3 Å². The molecular weight excluding hydrogens is 422 g/mol. The third kappa shape index (κ3) is 4.13. The molecule has 0 radical (unpaired) electrons. The van der Waals surface area contributed by atoms with E-state index >= 15 is 0 Å². The Morgan fingerprint density at radius 3 is 2.56 bits per heavy atom. The van der Waals surface area contributed by atoms with Gasteiger partial charge in [-0.05, 0) is 43.3 Å². The smallest absolute Gasteiger partial charge is 0.282 e. The molecule has 162 valence electrons. The normalized spacial score (nSPS) is 14.0. The molecule has 1 fully saturated rings. The molecule has 0 unspecified atom stereocenters. The molecule has 7 nitrogen and oxygen atoms in total. The number of fused-ring (bicyclic) bond motifs is 1. The summed E-state index contributed by atoms with van der Waals surface area (Å²) in [5, 5.41) is 0.555. The van der Waals surface area contributed by atoms with Crippen molar-refractivity contribution in [3.63, 3.8) is 0 Å². The van der Waals surface area contributed by atoms with Crippen molar-refractivity contribution in [1.29, 1.82) is 0 Å². The molecule has 0 aliphatic carbocycles. The molecule has 0 spiro atoms. The van der Waals surface area contributed by atoms with E-state index in [1.165, 1.54) is 11.3 Å². The molecule has 1 aliphatic heterocycles. The Balaban J connectivity index is 1.26. The first-order chi connectivity index (χ1) is 15.7. The van der Waals surface area contributed by atoms with Crippen LogP contribution in [-0.2, 0) is 0 Å². The number of carbonyl (C=O) groups excluding carboxylic acids is 1.